The third-order valence-electron chi connectivity index (χ3n) is 3.69. The van der Waals surface area contributed by atoms with Crippen LogP contribution in [0.25, 0.3) is 0 Å². The van der Waals surface area contributed by atoms with Gasteiger partial charge in [0.15, 0.2) is 0 Å². The lowest BCUT2D eigenvalue weighted by molar-refractivity contribution is -0.185. The molecule has 0 spiro atoms. The van der Waals surface area contributed by atoms with Crippen LogP contribution in [-0.4, -0.2) is 30.7 Å². The summed E-state index contributed by atoms with van der Waals surface area (Å²) in [6, 6.07) is 4.69. The van der Waals surface area contributed by atoms with Gasteiger partial charge in [-0.1, -0.05) is 15.9 Å². The Morgan fingerprint density at radius 3 is 2.35 bits per heavy atom. The van der Waals surface area contributed by atoms with Crippen molar-refractivity contribution in [3.63, 3.8) is 0 Å². The van der Waals surface area contributed by atoms with Crippen molar-refractivity contribution in [2.24, 2.45) is 5.92 Å². The normalized spacial score (nSPS) is 18.4. The summed E-state index contributed by atoms with van der Waals surface area (Å²) in [5, 5.41) is 0. The van der Waals surface area contributed by atoms with Crippen LogP contribution in [-0.2, 0) is 6.42 Å². The molecule has 1 nitrogen and oxygen atoms in total. The Kier molecular flexibility index (Phi) is 5.07. The van der Waals surface area contributed by atoms with Gasteiger partial charge in [-0.3, -0.25) is 0 Å². The third kappa shape index (κ3) is 4.45. The van der Waals surface area contributed by atoms with Gasteiger partial charge in [-0.2, -0.15) is 13.2 Å². The number of rotatable bonds is 3. The van der Waals surface area contributed by atoms with Gasteiger partial charge in [0.1, 0.15) is 5.82 Å². The summed E-state index contributed by atoms with van der Waals surface area (Å²) in [4.78, 5) is 2.01. The van der Waals surface area contributed by atoms with Crippen LogP contribution in [0.4, 0.5) is 17.6 Å². The van der Waals surface area contributed by atoms with Crippen LogP contribution < -0.4 is 0 Å². The van der Waals surface area contributed by atoms with Gasteiger partial charge >= 0.3 is 6.18 Å². The molecule has 1 aromatic rings. The molecule has 6 heteroatoms. The molecule has 1 aliphatic rings. The van der Waals surface area contributed by atoms with E-state index in [1.807, 2.05) is 11.0 Å². The fourth-order valence-electron chi connectivity index (χ4n) is 2.53. The van der Waals surface area contributed by atoms with E-state index in [9.17, 15) is 17.6 Å². The third-order valence-corrected chi connectivity index (χ3v) is 4.15. The minimum atomic E-state index is -4.07. The molecule has 0 N–H and O–H groups in total. The van der Waals surface area contributed by atoms with Crippen LogP contribution in [0.3, 0.4) is 0 Å². The highest BCUT2D eigenvalue weighted by molar-refractivity contribution is 9.10. The van der Waals surface area contributed by atoms with E-state index in [0.717, 1.165) is 5.56 Å². The average Bonchev–Trinajstić information content (AvgIpc) is 2.35. The zero-order valence-electron chi connectivity index (χ0n) is 10.9. The number of alkyl halides is 3. The van der Waals surface area contributed by atoms with E-state index in [1.54, 1.807) is 0 Å². The molecule has 0 radical (unpaired) electrons. The average molecular weight is 354 g/mol. The van der Waals surface area contributed by atoms with Crippen molar-refractivity contribution >= 4 is 15.9 Å². The molecule has 0 amide bonds. The van der Waals surface area contributed by atoms with Crippen molar-refractivity contribution in [2.45, 2.75) is 25.4 Å². The first-order chi connectivity index (χ1) is 9.34. The molecular weight excluding hydrogens is 338 g/mol. The van der Waals surface area contributed by atoms with E-state index in [1.165, 1.54) is 12.1 Å². The van der Waals surface area contributed by atoms with Crippen molar-refractivity contribution in [1.29, 1.82) is 0 Å². The number of likely N-dealkylation sites (tertiary alicyclic amines) is 1. The lowest BCUT2D eigenvalue weighted by Crippen LogP contribution is -2.39. The van der Waals surface area contributed by atoms with Crippen molar-refractivity contribution in [2.75, 3.05) is 19.6 Å². The van der Waals surface area contributed by atoms with Crippen LogP contribution >= 0.6 is 15.9 Å². The maximum atomic E-state index is 13.2. The molecular formula is C14H16BrF4N. The summed E-state index contributed by atoms with van der Waals surface area (Å²) < 4.78 is 51.5. The smallest absolute Gasteiger partial charge is 0.303 e. The zero-order valence-corrected chi connectivity index (χ0v) is 12.5. The summed E-state index contributed by atoms with van der Waals surface area (Å²) in [5.74, 6) is -1.47. The Morgan fingerprint density at radius 2 is 1.80 bits per heavy atom. The molecule has 1 saturated heterocycles. The van der Waals surface area contributed by atoms with Gasteiger partial charge in [0.05, 0.1) is 5.92 Å². The molecule has 0 unspecified atom stereocenters. The number of hydrogen-bond donors (Lipinski definition) is 0. The van der Waals surface area contributed by atoms with Crippen LogP contribution in [0.1, 0.15) is 18.4 Å². The molecule has 0 bridgehead atoms. The number of piperidine rings is 1. The molecule has 112 valence electrons. The Morgan fingerprint density at radius 1 is 1.15 bits per heavy atom. The second-order valence-electron chi connectivity index (χ2n) is 5.19. The fourth-order valence-corrected chi connectivity index (χ4v) is 3.04. The first kappa shape index (κ1) is 15.8. The van der Waals surface area contributed by atoms with Gasteiger partial charge in [-0.05, 0) is 56.1 Å². The lowest BCUT2D eigenvalue weighted by Gasteiger charge is -2.32. The monoisotopic (exact) mass is 353 g/mol. The fraction of sp³-hybridized carbons (Fsp3) is 0.571. The SMILES string of the molecule is Fc1cc(Br)cc(CCN2CCC(C(F)(F)F)CC2)c1. The summed E-state index contributed by atoms with van der Waals surface area (Å²) in [7, 11) is 0. The van der Waals surface area contributed by atoms with E-state index in [4.69, 9.17) is 0 Å². The van der Waals surface area contributed by atoms with Gasteiger partial charge in [0.25, 0.3) is 0 Å². The maximum absolute atomic E-state index is 13.2. The van der Waals surface area contributed by atoms with Crippen molar-refractivity contribution in [3.8, 4) is 0 Å². The Hall–Kier alpha value is -0.620. The van der Waals surface area contributed by atoms with Crippen molar-refractivity contribution in [1.82, 2.24) is 4.90 Å². The molecule has 0 saturated carbocycles. The van der Waals surface area contributed by atoms with E-state index < -0.39 is 12.1 Å². The summed E-state index contributed by atoms with van der Waals surface area (Å²) in [6.07, 6.45) is -3.10. The molecule has 20 heavy (non-hydrogen) atoms. The standard InChI is InChI=1S/C14H16BrF4N/c15-12-7-10(8-13(16)9-12)1-4-20-5-2-11(3-6-20)14(17,18)19/h7-9,11H,1-6H2. The molecule has 0 aliphatic carbocycles. The lowest BCUT2D eigenvalue weighted by atomic mass is 9.96. The zero-order chi connectivity index (χ0) is 14.8. The van der Waals surface area contributed by atoms with E-state index in [2.05, 4.69) is 15.9 Å². The number of halogens is 5. The predicted molar refractivity (Wildman–Crippen MR) is 73.0 cm³/mol. The van der Waals surface area contributed by atoms with Gasteiger partial charge < -0.3 is 4.90 Å². The summed E-state index contributed by atoms with van der Waals surface area (Å²) in [5.41, 5.74) is 0.856. The summed E-state index contributed by atoms with van der Waals surface area (Å²) >= 11 is 3.23. The topological polar surface area (TPSA) is 3.24 Å². The van der Waals surface area contributed by atoms with E-state index >= 15 is 0 Å². The highest BCUT2D eigenvalue weighted by Crippen LogP contribution is 2.34. The molecule has 1 heterocycles. The van der Waals surface area contributed by atoms with Crippen LogP contribution in [0.2, 0.25) is 0 Å². The van der Waals surface area contributed by atoms with Gasteiger partial charge in [-0.25, -0.2) is 4.39 Å². The molecule has 0 aromatic heterocycles. The first-order valence-electron chi connectivity index (χ1n) is 6.58. The Balaban J connectivity index is 1.81. The molecule has 1 fully saturated rings. The Bertz CT molecular complexity index is 433. The summed E-state index contributed by atoms with van der Waals surface area (Å²) in [6.45, 7) is 1.59. The van der Waals surface area contributed by atoms with Crippen LogP contribution in [0.5, 0.6) is 0 Å². The second kappa shape index (κ2) is 6.43. The van der Waals surface area contributed by atoms with E-state index in [-0.39, 0.29) is 18.7 Å². The molecule has 1 aliphatic heterocycles. The first-order valence-corrected chi connectivity index (χ1v) is 7.38. The van der Waals surface area contributed by atoms with Crippen molar-refractivity contribution < 1.29 is 17.6 Å². The number of nitrogens with zero attached hydrogens (tertiary/aromatic N) is 1. The minimum absolute atomic E-state index is 0.163. The molecule has 1 aromatic carbocycles. The number of hydrogen-bond acceptors (Lipinski definition) is 1. The quantitative estimate of drug-likeness (QED) is 0.727. The molecule has 2 rings (SSSR count). The highest BCUT2D eigenvalue weighted by Gasteiger charge is 2.40. The van der Waals surface area contributed by atoms with Crippen LogP contribution in [0.15, 0.2) is 22.7 Å². The van der Waals surface area contributed by atoms with Gasteiger partial charge in [0.2, 0.25) is 0 Å². The maximum Gasteiger partial charge on any atom is 0.391 e. The van der Waals surface area contributed by atoms with Crippen molar-refractivity contribution in [3.05, 3.63) is 34.1 Å². The minimum Gasteiger partial charge on any atom is -0.303 e. The Labute approximate surface area is 124 Å². The number of benzene rings is 1. The molecule has 0 atom stereocenters. The van der Waals surface area contributed by atoms with E-state index in [0.29, 0.717) is 30.5 Å². The van der Waals surface area contributed by atoms with Gasteiger partial charge in [-0.15, -0.1) is 0 Å². The largest absolute Gasteiger partial charge is 0.391 e. The predicted octanol–water partition coefficient (Wildman–Crippen LogP) is 4.41. The van der Waals surface area contributed by atoms with Crippen LogP contribution in [0, 0.1) is 11.7 Å². The highest BCUT2D eigenvalue weighted by atomic mass is 79.9. The second-order valence-corrected chi connectivity index (χ2v) is 6.10. The van der Waals surface area contributed by atoms with Gasteiger partial charge in [0, 0.05) is 11.0 Å².